The van der Waals surface area contributed by atoms with Crippen LogP contribution in [-0.2, 0) is 21.9 Å². The smallest absolute Gasteiger partial charge is 0.395 e. The van der Waals surface area contributed by atoms with E-state index >= 15 is 0 Å². The van der Waals surface area contributed by atoms with Crippen LogP contribution in [0.3, 0.4) is 0 Å². The van der Waals surface area contributed by atoms with Gasteiger partial charge in [0.2, 0.25) is 0 Å². The highest BCUT2D eigenvalue weighted by Gasteiger charge is 2.29. The predicted molar refractivity (Wildman–Crippen MR) is 179 cm³/mol. The number of aliphatic hydroxyl groups is 5. The van der Waals surface area contributed by atoms with E-state index in [0.29, 0.717) is 10.0 Å². The topological polar surface area (TPSA) is 197 Å². The number of aliphatic carboxylic acids is 1. The number of nitrogens with one attached hydrogen (secondary N) is 2. The van der Waals surface area contributed by atoms with Gasteiger partial charge < -0.3 is 40.5 Å². The van der Waals surface area contributed by atoms with Gasteiger partial charge in [0.05, 0.1) is 41.9 Å². The van der Waals surface area contributed by atoms with Gasteiger partial charge in [-0.3, -0.25) is 8.32 Å². The summed E-state index contributed by atoms with van der Waals surface area (Å²) in [7, 11) is 1.57. The van der Waals surface area contributed by atoms with E-state index in [1.807, 2.05) is 64.2 Å². The summed E-state index contributed by atoms with van der Waals surface area (Å²) in [6.07, 6.45) is -0.0883. The molecule has 12 nitrogen and oxygen atoms in total. The van der Waals surface area contributed by atoms with Crippen molar-refractivity contribution in [3.63, 3.8) is 0 Å². The fourth-order valence-electron chi connectivity index (χ4n) is 3.30. The highest BCUT2D eigenvalue weighted by Crippen LogP contribution is 2.38. The van der Waals surface area contributed by atoms with Crippen molar-refractivity contribution in [3.05, 3.63) is 87.4 Å². The van der Waals surface area contributed by atoms with Crippen LogP contribution in [0.2, 0.25) is 15.1 Å². The third-order valence-electron chi connectivity index (χ3n) is 5.63. The van der Waals surface area contributed by atoms with Gasteiger partial charge in [0.15, 0.2) is 0 Å². The summed E-state index contributed by atoms with van der Waals surface area (Å²) in [5.74, 6) is -1.59. The second-order valence-corrected chi connectivity index (χ2v) is 11.9. The number of halogens is 4. The molecule has 8 N–H and O–H groups in total. The molecule has 0 aliphatic rings. The van der Waals surface area contributed by atoms with Gasteiger partial charge >= 0.3 is 11.9 Å². The second kappa shape index (κ2) is 21.9. The molecule has 1 unspecified atom stereocenters. The Kier molecular flexibility index (Phi) is 20.1. The quantitative estimate of drug-likeness (QED) is 0.0762. The minimum atomic E-state index is -1.55. The van der Waals surface area contributed by atoms with Gasteiger partial charge in [-0.2, -0.15) is 0 Å². The number of rotatable bonds is 12. The molecule has 0 aliphatic carbocycles. The van der Waals surface area contributed by atoms with Crippen molar-refractivity contribution in [1.82, 2.24) is 18.4 Å². The van der Waals surface area contributed by atoms with Gasteiger partial charge in [0.1, 0.15) is 18.3 Å². The summed E-state index contributed by atoms with van der Waals surface area (Å²) in [6, 6.07) is 13.6. The zero-order chi connectivity index (χ0) is 33.2. The summed E-state index contributed by atoms with van der Waals surface area (Å²) in [6.45, 7) is 0.223. The van der Waals surface area contributed by atoms with Crippen molar-refractivity contribution in [2.75, 3.05) is 20.2 Å². The molecule has 2 aromatic carbocycles. The summed E-state index contributed by atoms with van der Waals surface area (Å²) < 4.78 is 3.96. The lowest BCUT2D eigenvalue weighted by molar-refractivity contribution is -0.149. The van der Waals surface area contributed by atoms with E-state index in [0.717, 1.165) is 22.9 Å². The minimum absolute atomic E-state index is 0.0936. The monoisotopic (exact) mass is 806 g/mol. The fourth-order valence-corrected chi connectivity index (χ4v) is 5.51. The van der Waals surface area contributed by atoms with Crippen molar-refractivity contribution in [2.24, 2.45) is 0 Å². The van der Waals surface area contributed by atoms with E-state index in [2.05, 4.69) is 14.9 Å². The van der Waals surface area contributed by atoms with E-state index in [9.17, 15) is 14.7 Å². The molecule has 1 amide bonds. The molecule has 244 valence electrons. The highest BCUT2D eigenvalue weighted by atomic mass is 127. The van der Waals surface area contributed by atoms with Crippen LogP contribution < -0.4 is 8.85 Å². The molecule has 3 rings (SSSR count). The van der Waals surface area contributed by atoms with Gasteiger partial charge in [0, 0.05) is 51.6 Å². The Bertz CT molecular complexity index is 1260. The molecule has 5 atom stereocenters. The average Bonchev–Trinajstić information content (AvgIpc) is 3.52. The number of carboxylic acids is 1. The van der Waals surface area contributed by atoms with Crippen LogP contribution in [0.15, 0.2) is 61.2 Å². The Balaban J connectivity index is 0.000000407. The van der Waals surface area contributed by atoms with E-state index in [1.165, 1.54) is 28.4 Å². The lowest BCUT2D eigenvalue weighted by Gasteiger charge is -2.25. The summed E-state index contributed by atoms with van der Waals surface area (Å²) in [5, 5.41) is 57.5. The molecule has 0 radical (unpaired) electrons. The number of carboxylic acid groups (broad SMARTS) is 1. The molecule has 0 aliphatic heterocycles. The molecule has 0 fully saturated rings. The van der Waals surface area contributed by atoms with Gasteiger partial charge in [-0.25, -0.2) is 9.78 Å². The summed E-state index contributed by atoms with van der Waals surface area (Å²) >= 11 is 21.7. The number of carbonyl (C=O) groups is 2. The van der Waals surface area contributed by atoms with Gasteiger partial charge in [-0.15, -0.1) is 11.8 Å². The first-order chi connectivity index (χ1) is 20.8. The van der Waals surface area contributed by atoms with E-state index in [-0.39, 0.29) is 11.8 Å². The zero-order valence-corrected chi connectivity index (χ0v) is 28.5. The Hall–Kier alpha value is -1.70. The minimum Gasteiger partial charge on any atom is -0.474 e. The van der Waals surface area contributed by atoms with Crippen molar-refractivity contribution >= 4 is 81.3 Å². The lowest BCUT2D eigenvalue weighted by Crippen LogP contribution is -2.48. The van der Waals surface area contributed by atoms with Crippen molar-refractivity contribution < 1.29 is 40.2 Å². The van der Waals surface area contributed by atoms with E-state index in [4.69, 9.17) is 60.3 Å². The Morgan fingerprint density at radius 1 is 1.00 bits per heavy atom. The molecule has 44 heavy (non-hydrogen) atoms. The predicted octanol–water partition coefficient (Wildman–Crippen LogP) is 2.70. The number of aromatic nitrogens is 2. The molecule has 0 spiro atoms. The first-order valence-electron chi connectivity index (χ1n) is 12.7. The SMILES string of the molecule is CNC[C@H](O)[C@@H](O)[C@H](O)[C@H](O)CO.Clc1ccc(CSC(Cn2ccnc2)c2ccc(Cl)cc2Cl)cc1.O=C(O)C(=O)NI. The van der Waals surface area contributed by atoms with Crippen molar-refractivity contribution in [2.45, 2.75) is 42.0 Å². The molecular formula is C27H34Cl3IN4O8S. The number of carbonyl (C=O) groups excluding carboxylic acids is 1. The fraction of sp³-hybridized carbons (Fsp3) is 0.370. The Labute approximate surface area is 287 Å². The largest absolute Gasteiger partial charge is 0.474 e. The maximum atomic E-state index is 9.79. The maximum absolute atomic E-state index is 9.79. The van der Waals surface area contributed by atoms with Gasteiger partial charge in [0.25, 0.3) is 0 Å². The second-order valence-electron chi connectivity index (χ2n) is 8.94. The van der Waals surface area contributed by atoms with Crippen LogP contribution >= 0.6 is 69.4 Å². The Morgan fingerprint density at radius 3 is 2.09 bits per heavy atom. The first kappa shape index (κ1) is 40.3. The third-order valence-corrected chi connectivity index (χ3v) is 8.24. The maximum Gasteiger partial charge on any atom is 0.395 e. The molecular weight excluding hydrogens is 774 g/mol. The summed E-state index contributed by atoms with van der Waals surface area (Å²) in [4.78, 5) is 23.4. The highest BCUT2D eigenvalue weighted by molar-refractivity contribution is 14.1. The Morgan fingerprint density at radius 2 is 1.61 bits per heavy atom. The molecule has 17 heteroatoms. The number of amides is 1. The number of hydrogen-bond donors (Lipinski definition) is 8. The number of thioether (sulfide) groups is 1. The number of imidazole rings is 1. The van der Waals surface area contributed by atoms with E-state index in [1.54, 1.807) is 19.3 Å². The number of aliphatic hydroxyl groups excluding tert-OH is 5. The van der Waals surface area contributed by atoms with E-state index < -0.39 is 42.9 Å². The molecule has 1 aromatic heterocycles. The lowest BCUT2D eigenvalue weighted by atomic mass is 10.0. The molecule has 0 bridgehead atoms. The van der Waals surface area contributed by atoms with Crippen LogP contribution in [0, 0.1) is 0 Å². The van der Waals surface area contributed by atoms with Crippen molar-refractivity contribution in [3.8, 4) is 0 Å². The van der Waals surface area contributed by atoms with Crippen LogP contribution in [0.1, 0.15) is 16.4 Å². The summed E-state index contributed by atoms with van der Waals surface area (Å²) in [5.41, 5.74) is 2.30. The number of benzene rings is 2. The average molecular weight is 808 g/mol. The number of likely N-dealkylation sites (N-methyl/N-ethyl adjacent to an activating group) is 1. The van der Waals surface area contributed by atoms with Crippen LogP contribution in [0.25, 0.3) is 0 Å². The molecule has 1 heterocycles. The standard InChI is InChI=1S/C18H15Cl3N2S.C7H17NO5.C2H2INO3/c19-14-3-1-13(2-4-14)11-24-18(10-23-8-7-22-12-23)16-6-5-15(20)9-17(16)21;1-8-2-4(10)6(12)7(13)5(11)3-9;3-4-1(5)2(6)7/h1-9,12,18H,10-11H2;4-13H,2-3H2,1H3;(H,4,5)(H,6,7)/t;4-,5+,6+,7+;/m.0./s1. The number of hydrogen-bond acceptors (Lipinski definition) is 10. The van der Waals surface area contributed by atoms with Crippen molar-refractivity contribution in [1.29, 1.82) is 0 Å². The molecule has 0 saturated heterocycles. The number of nitrogens with zero attached hydrogens (tertiary/aromatic N) is 2. The van der Waals surface area contributed by atoms with Crippen LogP contribution in [0.4, 0.5) is 0 Å². The van der Waals surface area contributed by atoms with Crippen LogP contribution in [-0.4, -0.2) is 96.7 Å². The van der Waals surface area contributed by atoms with Gasteiger partial charge in [-0.05, 0) is 42.4 Å². The van der Waals surface area contributed by atoms with Crippen LogP contribution in [0.5, 0.6) is 0 Å². The van der Waals surface area contributed by atoms with Gasteiger partial charge in [-0.1, -0.05) is 53.0 Å². The normalized spacial score (nSPS) is 14.0. The molecule has 3 aromatic rings. The molecule has 0 saturated carbocycles. The first-order valence-corrected chi connectivity index (χ1v) is 16.0. The zero-order valence-electron chi connectivity index (χ0n) is 23.3. The third kappa shape index (κ3) is 15.1.